The van der Waals surface area contributed by atoms with Gasteiger partial charge in [-0.3, -0.25) is 0 Å². The molecular weight excluding hydrogens is 238 g/mol. The summed E-state index contributed by atoms with van der Waals surface area (Å²) in [6.45, 7) is 0. The topological polar surface area (TPSA) is 0 Å². The third kappa shape index (κ3) is 8.82. The largest absolute Gasteiger partial charge is 0.187 e. The van der Waals surface area contributed by atoms with Gasteiger partial charge < -0.3 is 0 Å². The first-order valence-corrected chi connectivity index (χ1v) is 0. The maximum atomic E-state index is 0. The Balaban J connectivity index is 0. The molecule has 0 aliphatic rings. The zero-order valence-electron chi connectivity index (χ0n) is 1.43. The Hall–Kier alpha value is 2.47. The maximum Gasteiger partial charge on any atom is 0.187 e. The van der Waals surface area contributed by atoms with Crippen LogP contribution in [0, 0.1) is 40.8 Å². The van der Waals surface area contributed by atoms with Gasteiger partial charge in [0.2, 0.25) is 0 Å². The molecule has 0 atom stereocenters. The summed E-state index contributed by atoms with van der Waals surface area (Å²) in [5, 5.41) is 0. The van der Waals surface area contributed by atoms with Crippen molar-refractivity contribution in [1.29, 1.82) is 0 Å². The Bertz CT molecular complexity index is 8.00. The molecule has 0 aromatic carbocycles. The second kappa shape index (κ2) is 17.9. The van der Waals surface area contributed by atoms with E-state index < -0.39 is 0 Å². The average Bonchev–Trinajstić information content (AvgIpc) is 0. The molecule has 0 unspecified atom stereocenters. The van der Waals surface area contributed by atoms with Gasteiger partial charge in [0, 0.05) is 66.3 Å². The van der Waals surface area contributed by atoms with Crippen LogP contribution in [0.2, 0.25) is 0 Å². The first-order valence-electron chi connectivity index (χ1n) is 0. The van der Waals surface area contributed by atoms with Crippen LogP contribution in [-0.2, 0) is 17.1 Å². The Morgan fingerprint density at radius 3 is 1.00 bits per heavy atom. The van der Waals surface area contributed by atoms with Crippen molar-refractivity contribution < 1.29 is 57.9 Å². The van der Waals surface area contributed by atoms with Gasteiger partial charge >= 0.3 is 0 Å². The van der Waals surface area contributed by atoms with Crippen LogP contribution in [0.25, 0.3) is 0 Å². The van der Waals surface area contributed by atoms with Crippen LogP contribution >= 0.6 is 0 Å². The molecule has 0 rings (SSSR count). The molecule has 4 heavy (non-hydrogen) atoms. The first kappa shape index (κ1) is 31.8. The second-order valence-electron chi connectivity index (χ2n) is 0. The van der Waals surface area contributed by atoms with E-state index in [0.717, 1.165) is 0 Å². The van der Waals surface area contributed by atoms with Gasteiger partial charge in [0.1, 0.15) is 0 Å². The van der Waals surface area contributed by atoms with Crippen LogP contribution in [0.5, 0.6) is 0 Å². The quantitative estimate of drug-likeness (QED) is 0.449. The van der Waals surface area contributed by atoms with Gasteiger partial charge in [-0.05, 0) is 0 Å². The Morgan fingerprint density at radius 2 is 1.00 bits per heavy atom. The minimum atomic E-state index is 0. The van der Waals surface area contributed by atoms with Crippen molar-refractivity contribution in [2.24, 2.45) is 0 Å². The summed E-state index contributed by atoms with van der Waals surface area (Å²) < 4.78 is 0. The molecule has 0 saturated heterocycles. The van der Waals surface area contributed by atoms with Crippen LogP contribution in [0.4, 0.5) is 0 Å². The van der Waals surface area contributed by atoms with Crippen LogP contribution in [0.1, 0.15) is 0 Å². The average molecular weight is 241 g/mol. The van der Waals surface area contributed by atoms with E-state index in [1.54, 1.807) is 0 Å². The molecule has 0 fully saturated rings. The summed E-state index contributed by atoms with van der Waals surface area (Å²) in [7, 11) is 0. The summed E-state index contributed by atoms with van der Waals surface area (Å²) >= 11 is 0. The minimum absolute atomic E-state index is 0. The number of hydrogen-bond acceptors (Lipinski definition) is 0. The fraction of sp³-hybridized carbons (Fsp3) is 0. The van der Waals surface area contributed by atoms with Crippen LogP contribution < -0.4 is 0 Å². The molecule has 21 valence electrons. The fourth-order valence-electron chi connectivity index (χ4n) is 0. The van der Waals surface area contributed by atoms with Gasteiger partial charge in [-0.2, -0.15) is 0 Å². The molecular formula is H3AlBFeNd. The minimum Gasteiger partial charge on any atom is 0 e. The summed E-state index contributed by atoms with van der Waals surface area (Å²) in [5.74, 6) is 0. The Labute approximate surface area is 82.2 Å². The smallest absolute Gasteiger partial charge is 0 e. The standard InChI is InChI=1S/Al.B.Fe.Nd.3H. The van der Waals surface area contributed by atoms with Gasteiger partial charge in [-0.15, -0.1) is 0 Å². The Morgan fingerprint density at radius 1 is 1.00 bits per heavy atom. The van der Waals surface area contributed by atoms with E-state index in [4.69, 9.17) is 0 Å². The molecule has 0 aromatic rings. The summed E-state index contributed by atoms with van der Waals surface area (Å²) in [6, 6.07) is 0. The van der Waals surface area contributed by atoms with Gasteiger partial charge in [0.15, 0.2) is 17.4 Å². The van der Waals surface area contributed by atoms with Gasteiger partial charge in [-0.25, -0.2) is 0 Å². The van der Waals surface area contributed by atoms with Crippen molar-refractivity contribution in [3.63, 3.8) is 0 Å². The molecule has 0 N–H and O–H groups in total. The van der Waals surface area contributed by atoms with Gasteiger partial charge in [0.05, 0.1) is 0 Å². The molecule has 0 spiro atoms. The first-order chi connectivity index (χ1) is 0. The van der Waals surface area contributed by atoms with Crippen molar-refractivity contribution in [2.45, 2.75) is 0 Å². The van der Waals surface area contributed by atoms with E-state index in [0.29, 0.717) is 0 Å². The number of hydrogen-bond donors (Lipinski definition) is 0. The summed E-state index contributed by atoms with van der Waals surface area (Å²) in [6.07, 6.45) is 0. The van der Waals surface area contributed by atoms with E-state index >= 15 is 0 Å². The SMILES string of the molecule is [AlH3].[B].[Fe].[Nd]. The van der Waals surface area contributed by atoms with Crippen molar-refractivity contribution in [3.05, 3.63) is 0 Å². The summed E-state index contributed by atoms with van der Waals surface area (Å²) in [4.78, 5) is 0. The number of rotatable bonds is 0. The molecule has 4 heteroatoms. The maximum absolute atomic E-state index is 0. The molecule has 0 heterocycles. The van der Waals surface area contributed by atoms with Crippen molar-refractivity contribution in [1.82, 2.24) is 0 Å². The van der Waals surface area contributed by atoms with E-state index in [1.807, 2.05) is 0 Å². The van der Waals surface area contributed by atoms with Crippen molar-refractivity contribution in [3.8, 4) is 0 Å². The van der Waals surface area contributed by atoms with Crippen molar-refractivity contribution in [2.75, 3.05) is 0 Å². The molecule has 0 saturated carbocycles. The molecule has 0 aliphatic heterocycles. The van der Waals surface area contributed by atoms with E-state index in [2.05, 4.69) is 0 Å². The Kier molecular flexibility index (Phi) is 142. The molecule has 0 nitrogen and oxygen atoms in total. The molecule has 0 amide bonds. The monoisotopic (exact) mass is 239 g/mol. The predicted octanol–water partition coefficient (Wildman–Crippen LogP) is -1.57. The predicted molar refractivity (Wildman–Crippen MR) is 15.7 cm³/mol. The van der Waals surface area contributed by atoms with Crippen LogP contribution in [0.3, 0.4) is 0 Å². The molecule has 3 radical (unpaired) electrons. The zero-order valence-corrected chi connectivity index (χ0v) is 5.74. The third-order valence-corrected chi connectivity index (χ3v) is 0. The fourth-order valence-corrected chi connectivity index (χ4v) is 0. The van der Waals surface area contributed by atoms with E-state index in [-0.39, 0.29) is 83.7 Å². The van der Waals surface area contributed by atoms with E-state index in [9.17, 15) is 0 Å². The van der Waals surface area contributed by atoms with E-state index in [1.165, 1.54) is 0 Å². The van der Waals surface area contributed by atoms with Crippen LogP contribution in [-0.4, -0.2) is 25.8 Å². The molecule has 0 bridgehead atoms. The molecule has 0 aromatic heterocycles. The normalized spacial score (nSPS) is 0. The van der Waals surface area contributed by atoms with Gasteiger partial charge in [0.25, 0.3) is 0 Å². The van der Waals surface area contributed by atoms with Crippen molar-refractivity contribution >= 4 is 25.8 Å². The second-order valence-corrected chi connectivity index (χ2v) is 0. The third-order valence-electron chi connectivity index (χ3n) is 0. The summed E-state index contributed by atoms with van der Waals surface area (Å²) in [5.41, 5.74) is 0. The zero-order chi connectivity index (χ0) is 0. The van der Waals surface area contributed by atoms with Crippen LogP contribution in [0.15, 0.2) is 0 Å². The molecule has 0 aliphatic carbocycles. The van der Waals surface area contributed by atoms with Gasteiger partial charge in [-0.1, -0.05) is 0 Å².